The smallest absolute Gasteiger partial charge is 0.00666 e. The number of hydrogen-bond donors (Lipinski definition) is 0. The molecule has 0 aliphatic carbocycles. The Morgan fingerprint density at radius 2 is 2.07 bits per heavy atom. The van der Waals surface area contributed by atoms with E-state index in [0.717, 1.165) is 17.9 Å². The van der Waals surface area contributed by atoms with Gasteiger partial charge in [-0.3, -0.25) is 0 Å². The fourth-order valence-electron chi connectivity index (χ4n) is 2.79. The molecule has 0 aromatic heterocycles. The van der Waals surface area contributed by atoms with Crippen LogP contribution in [0.2, 0.25) is 0 Å². The van der Waals surface area contributed by atoms with Gasteiger partial charge in [-0.2, -0.15) is 0 Å². The highest BCUT2D eigenvalue weighted by Crippen LogP contribution is 2.30. The van der Waals surface area contributed by atoms with Crippen molar-refractivity contribution in [1.82, 2.24) is 4.90 Å². The fraction of sp³-hybridized carbons (Fsp3) is 1.00. The summed E-state index contributed by atoms with van der Waals surface area (Å²) in [5.74, 6) is 1.95. The second kappa shape index (κ2) is 6.52. The third kappa shape index (κ3) is 4.14. The maximum absolute atomic E-state index is 2.51. The molecule has 3 unspecified atom stereocenters. The van der Waals surface area contributed by atoms with Crippen molar-refractivity contribution in [2.24, 2.45) is 11.8 Å². The lowest BCUT2D eigenvalue weighted by Crippen LogP contribution is -2.39. The van der Waals surface area contributed by atoms with Crippen molar-refractivity contribution >= 4 is 0 Å². The van der Waals surface area contributed by atoms with Crippen LogP contribution in [-0.4, -0.2) is 24.5 Å². The Morgan fingerprint density at radius 1 is 1.33 bits per heavy atom. The lowest BCUT2D eigenvalue weighted by Gasteiger charge is -2.37. The van der Waals surface area contributed by atoms with E-state index in [1.54, 1.807) is 0 Å². The van der Waals surface area contributed by atoms with Crippen LogP contribution in [0.1, 0.15) is 59.3 Å². The van der Waals surface area contributed by atoms with Crippen LogP contribution in [-0.2, 0) is 0 Å². The van der Waals surface area contributed by atoms with Crippen LogP contribution in [0.4, 0.5) is 0 Å². The van der Waals surface area contributed by atoms with Gasteiger partial charge in [-0.1, -0.05) is 39.5 Å². The largest absolute Gasteiger partial charge is 0.304 e. The second-order valence-corrected chi connectivity index (χ2v) is 5.59. The molecule has 0 saturated carbocycles. The zero-order chi connectivity index (χ0) is 11.3. The van der Waals surface area contributed by atoms with Gasteiger partial charge in [0.1, 0.15) is 0 Å². The van der Waals surface area contributed by atoms with Crippen molar-refractivity contribution in [3.05, 3.63) is 0 Å². The monoisotopic (exact) mass is 211 g/mol. The highest BCUT2D eigenvalue weighted by atomic mass is 15.1. The van der Waals surface area contributed by atoms with E-state index >= 15 is 0 Å². The maximum atomic E-state index is 2.51. The molecule has 0 aromatic carbocycles. The average Bonchev–Trinajstić information content (AvgIpc) is 2.22. The Hall–Kier alpha value is -0.0400. The summed E-state index contributed by atoms with van der Waals surface area (Å²) >= 11 is 0. The summed E-state index contributed by atoms with van der Waals surface area (Å²) in [6.45, 7) is 8.45. The minimum absolute atomic E-state index is 0.803. The third-order valence-electron chi connectivity index (χ3n) is 4.32. The molecule has 1 fully saturated rings. The van der Waals surface area contributed by atoms with Gasteiger partial charge in [0.15, 0.2) is 0 Å². The Kier molecular flexibility index (Phi) is 5.66. The van der Waals surface area contributed by atoms with E-state index in [9.17, 15) is 0 Å². The molecule has 0 spiro atoms. The number of unbranched alkanes of at least 4 members (excludes halogenated alkanes) is 2. The van der Waals surface area contributed by atoms with Gasteiger partial charge in [0.05, 0.1) is 0 Å². The van der Waals surface area contributed by atoms with Crippen LogP contribution in [0, 0.1) is 11.8 Å². The number of nitrogens with zero attached hydrogens (tertiary/aromatic N) is 1. The molecule has 15 heavy (non-hydrogen) atoms. The molecule has 1 nitrogen and oxygen atoms in total. The first-order valence-electron chi connectivity index (χ1n) is 6.85. The van der Waals surface area contributed by atoms with Crippen molar-refractivity contribution in [3.63, 3.8) is 0 Å². The summed E-state index contributed by atoms with van der Waals surface area (Å²) in [6, 6.07) is 0.803. The summed E-state index contributed by atoms with van der Waals surface area (Å²) in [5, 5.41) is 0. The quantitative estimate of drug-likeness (QED) is 0.623. The zero-order valence-electron chi connectivity index (χ0n) is 11.1. The second-order valence-electron chi connectivity index (χ2n) is 5.59. The van der Waals surface area contributed by atoms with Gasteiger partial charge in [-0.25, -0.2) is 0 Å². The maximum Gasteiger partial charge on any atom is 0.00666 e. The van der Waals surface area contributed by atoms with Crippen molar-refractivity contribution < 1.29 is 0 Å². The lowest BCUT2D eigenvalue weighted by molar-refractivity contribution is 0.120. The minimum Gasteiger partial charge on any atom is -0.304 e. The van der Waals surface area contributed by atoms with E-state index in [1.807, 2.05) is 0 Å². The lowest BCUT2D eigenvalue weighted by atomic mass is 9.80. The molecule has 1 aliphatic heterocycles. The molecule has 3 atom stereocenters. The standard InChI is InChI=1S/C14H29N/c1-5-6-7-8-12(2)14-9-10-15(4)13(3)11-14/h12-14H,5-11H2,1-4H3. The Balaban J connectivity index is 2.24. The molecule has 1 heterocycles. The van der Waals surface area contributed by atoms with Crippen LogP contribution in [0.25, 0.3) is 0 Å². The highest BCUT2D eigenvalue weighted by Gasteiger charge is 2.26. The van der Waals surface area contributed by atoms with E-state index in [1.165, 1.54) is 45.1 Å². The molecular formula is C14H29N. The first-order chi connectivity index (χ1) is 7.15. The van der Waals surface area contributed by atoms with Crippen molar-refractivity contribution in [3.8, 4) is 0 Å². The number of piperidine rings is 1. The van der Waals surface area contributed by atoms with Gasteiger partial charge in [0, 0.05) is 6.04 Å². The molecule has 0 radical (unpaired) electrons. The molecule has 1 heteroatoms. The first kappa shape index (κ1) is 13.0. The van der Waals surface area contributed by atoms with Crippen LogP contribution in [0.15, 0.2) is 0 Å². The fourth-order valence-corrected chi connectivity index (χ4v) is 2.79. The van der Waals surface area contributed by atoms with E-state index in [4.69, 9.17) is 0 Å². The Bertz CT molecular complexity index is 167. The molecule has 0 N–H and O–H groups in total. The normalized spacial score (nSPS) is 30.4. The van der Waals surface area contributed by atoms with Gasteiger partial charge >= 0.3 is 0 Å². The van der Waals surface area contributed by atoms with E-state index < -0.39 is 0 Å². The molecule has 1 saturated heterocycles. The van der Waals surface area contributed by atoms with Crippen molar-refractivity contribution in [2.45, 2.75) is 65.3 Å². The van der Waals surface area contributed by atoms with E-state index in [2.05, 4.69) is 32.7 Å². The van der Waals surface area contributed by atoms with Gasteiger partial charge < -0.3 is 4.90 Å². The minimum atomic E-state index is 0.803. The summed E-state index contributed by atoms with van der Waals surface area (Å²) in [5.41, 5.74) is 0. The topological polar surface area (TPSA) is 3.24 Å². The predicted octanol–water partition coefficient (Wildman–Crippen LogP) is 3.93. The van der Waals surface area contributed by atoms with Crippen molar-refractivity contribution in [2.75, 3.05) is 13.6 Å². The van der Waals surface area contributed by atoms with Crippen LogP contribution in [0.5, 0.6) is 0 Å². The number of hydrogen-bond acceptors (Lipinski definition) is 1. The molecule has 0 bridgehead atoms. The number of rotatable bonds is 5. The first-order valence-corrected chi connectivity index (χ1v) is 6.85. The van der Waals surface area contributed by atoms with Gasteiger partial charge in [0.25, 0.3) is 0 Å². The van der Waals surface area contributed by atoms with Crippen LogP contribution < -0.4 is 0 Å². The summed E-state index contributed by atoms with van der Waals surface area (Å²) in [4.78, 5) is 2.51. The summed E-state index contributed by atoms with van der Waals surface area (Å²) < 4.78 is 0. The van der Waals surface area contributed by atoms with Gasteiger partial charge in [-0.05, 0) is 45.2 Å². The SMILES string of the molecule is CCCCCC(C)C1CCN(C)C(C)C1. The summed E-state index contributed by atoms with van der Waals surface area (Å²) in [6.07, 6.45) is 8.52. The zero-order valence-corrected chi connectivity index (χ0v) is 11.1. The van der Waals surface area contributed by atoms with Gasteiger partial charge in [0.2, 0.25) is 0 Å². The van der Waals surface area contributed by atoms with Crippen molar-refractivity contribution in [1.29, 1.82) is 0 Å². The molecule has 0 amide bonds. The Morgan fingerprint density at radius 3 is 2.67 bits per heavy atom. The summed E-state index contributed by atoms with van der Waals surface area (Å²) in [7, 11) is 2.27. The van der Waals surface area contributed by atoms with Crippen LogP contribution in [0.3, 0.4) is 0 Å². The third-order valence-corrected chi connectivity index (χ3v) is 4.32. The highest BCUT2D eigenvalue weighted by molar-refractivity contribution is 4.79. The number of likely N-dealkylation sites (tertiary alicyclic amines) is 1. The van der Waals surface area contributed by atoms with Crippen LogP contribution >= 0.6 is 0 Å². The van der Waals surface area contributed by atoms with E-state index in [0.29, 0.717) is 0 Å². The molecule has 90 valence electrons. The van der Waals surface area contributed by atoms with E-state index in [-0.39, 0.29) is 0 Å². The molecule has 1 aliphatic rings. The molecular weight excluding hydrogens is 182 g/mol. The molecule has 1 rings (SSSR count). The average molecular weight is 211 g/mol. The molecule has 0 aromatic rings. The predicted molar refractivity (Wildman–Crippen MR) is 68.1 cm³/mol. The van der Waals surface area contributed by atoms with Gasteiger partial charge in [-0.15, -0.1) is 0 Å². The Labute approximate surface area is 96.2 Å².